The predicted molar refractivity (Wildman–Crippen MR) is 256 cm³/mol. The van der Waals surface area contributed by atoms with E-state index in [1.807, 2.05) is 0 Å². The SMILES string of the molecule is CCCCCC/C=C\C/C=C\CCCCCCCCCC(=O)OCC(COC(=O)CCCCCCCCCCCCC)OC(=O)CCCCCCC/C=C\CCCCCC. The molecule has 0 aliphatic rings. The molecule has 0 fully saturated rings. The van der Waals surface area contributed by atoms with Gasteiger partial charge in [-0.1, -0.05) is 211 Å². The van der Waals surface area contributed by atoms with E-state index in [0.717, 1.165) is 77.0 Å². The monoisotopic (exact) mass is 843 g/mol. The number of carbonyl (C=O) groups excluding carboxylic acids is 3. The van der Waals surface area contributed by atoms with Crippen molar-refractivity contribution in [2.45, 2.75) is 277 Å². The second-order valence-corrected chi connectivity index (χ2v) is 17.4. The molecule has 0 amide bonds. The summed E-state index contributed by atoms with van der Waals surface area (Å²) in [5.41, 5.74) is 0. The van der Waals surface area contributed by atoms with Gasteiger partial charge in [-0.05, 0) is 77.0 Å². The van der Waals surface area contributed by atoms with Crippen LogP contribution in [0.5, 0.6) is 0 Å². The van der Waals surface area contributed by atoms with Gasteiger partial charge in [-0.25, -0.2) is 0 Å². The van der Waals surface area contributed by atoms with Crippen LogP contribution in [-0.2, 0) is 28.6 Å². The summed E-state index contributed by atoms with van der Waals surface area (Å²) in [4.78, 5) is 37.9. The summed E-state index contributed by atoms with van der Waals surface area (Å²) in [6, 6.07) is 0. The van der Waals surface area contributed by atoms with Crippen LogP contribution in [0.1, 0.15) is 271 Å². The zero-order chi connectivity index (χ0) is 43.7. The van der Waals surface area contributed by atoms with E-state index in [2.05, 4.69) is 57.2 Å². The largest absolute Gasteiger partial charge is 0.462 e. The Morgan fingerprint density at radius 1 is 0.333 bits per heavy atom. The van der Waals surface area contributed by atoms with Crippen molar-refractivity contribution in [3.05, 3.63) is 36.5 Å². The molecule has 0 aromatic rings. The average molecular weight is 843 g/mol. The number of unbranched alkanes of at least 4 members (excludes halogenated alkanes) is 30. The minimum absolute atomic E-state index is 0.0754. The highest BCUT2D eigenvalue weighted by Crippen LogP contribution is 2.15. The topological polar surface area (TPSA) is 78.9 Å². The molecule has 6 nitrogen and oxygen atoms in total. The number of hydrogen-bond donors (Lipinski definition) is 0. The maximum absolute atomic E-state index is 12.8. The highest BCUT2D eigenvalue weighted by Gasteiger charge is 2.19. The third kappa shape index (κ3) is 46.7. The molecule has 0 rings (SSSR count). The Morgan fingerprint density at radius 2 is 0.600 bits per heavy atom. The molecule has 1 unspecified atom stereocenters. The van der Waals surface area contributed by atoms with Crippen LogP contribution in [0.4, 0.5) is 0 Å². The van der Waals surface area contributed by atoms with Crippen molar-refractivity contribution in [3.63, 3.8) is 0 Å². The second-order valence-electron chi connectivity index (χ2n) is 17.4. The number of carbonyl (C=O) groups is 3. The van der Waals surface area contributed by atoms with Gasteiger partial charge in [0, 0.05) is 19.3 Å². The van der Waals surface area contributed by atoms with Crippen molar-refractivity contribution in [2.24, 2.45) is 0 Å². The Labute approximate surface area is 372 Å². The lowest BCUT2D eigenvalue weighted by Crippen LogP contribution is -2.30. The van der Waals surface area contributed by atoms with Gasteiger partial charge in [0.05, 0.1) is 0 Å². The number of allylic oxidation sites excluding steroid dienone is 6. The van der Waals surface area contributed by atoms with Crippen molar-refractivity contribution >= 4 is 17.9 Å². The van der Waals surface area contributed by atoms with Crippen LogP contribution in [0, 0.1) is 0 Å². The van der Waals surface area contributed by atoms with Crippen molar-refractivity contribution in [3.8, 4) is 0 Å². The molecule has 0 bridgehead atoms. The summed E-state index contributed by atoms with van der Waals surface area (Å²) >= 11 is 0. The summed E-state index contributed by atoms with van der Waals surface area (Å²) in [7, 11) is 0. The van der Waals surface area contributed by atoms with Crippen molar-refractivity contribution in [2.75, 3.05) is 13.2 Å². The van der Waals surface area contributed by atoms with Crippen molar-refractivity contribution < 1.29 is 28.6 Å². The molecular formula is C54H98O6. The van der Waals surface area contributed by atoms with E-state index >= 15 is 0 Å². The second kappa shape index (κ2) is 49.3. The van der Waals surface area contributed by atoms with Gasteiger partial charge in [-0.15, -0.1) is 0 Å². The summed E-state index contributed by atoms with van der Waals surface area (Å²) in [5, 5.41) is 0. The zero-order valence-corrected chi connectivity index (χ0v) is 40.0. The van der Waals surface area contributed by atoms with Gasteiger partial charge >= 0.3 is 17.9 Å². The highest BCUT2D eigenvalue weighted by atomic mass is 16.6. The number of ether oxygens (including phenoxy) is 3. The smallest absolute Gasteiger partial charge is 0.306 e. The van der Waals surface area contributed by atoms with Crippen LogP contribution in [0.25, 0.3) is 0 Å². The van der Waals surface area contributed by atoms with Crippen LogP contribution < -0.4 is 0 Å². The first kappa shape index (κ1) is 57.6. The Bertz CT molecular complexity index is 1020. The first-order chi connectivity index (χ1) is 29.5. The van der Waals surface area contributed by atoms with Crippen LogP contribution in [0.3, 0.4) is 0 Å². The summed E-state index contributed by atoms with van der Waals surface area (Å²) in [6.07, 6.45) is 56.9. The van der Waals surface area contributed by atoms with E-state index in [1.54, 1.807) is 0 Å². The molecule has 6 heteroatoms. The summed E-state index contributed by atoms with van der Waals surface area (Å²) in [5.74, 6) is -0.884. The Kier molecular flexibility index (Phi) is 47.3. The van der Waals surface area contributed by atoms with E-state index in [4.69, 9.17) is 14.2 Å². The number of rotatable bonds is 47. The van der Waals surface area contributed by atoms with Gasteiger partial charge in [0.25, 0.3) is 0 Å². The molecule has 0 aliphatic carbocycles. The van der Waals surface area contributed by atoms with Gasteiger partial charge in [-0.2, -0.15) is 0 Å². The zero-order valence-electron chi connectivity index (χ0n) is 40.0. The third-order valence-corrected chi connectivity index (χ3v) is 11.4. The number of hydrogen-bond acceptors (Lipinski definition) is 6. The van der Waals surface area contributed by atoms with Crippen molar-refractivity contribution in [1.82, 2.24) is 0 Å². The van der Waals surface area contributed by atoms with Crippen LogP contribution in [0.15, 0.2) is 36.5 Å². The van der Waals surface area contributed by atoms with Crippen LogP contribution in [0.2, 0.25) is 0 Å². The van der Waals surface area contributed by atoms with Crippen molar-refractivity contribution in [1.29, 1.82) is 0 Å². The first-order valence-corrected chi connectivity index (χ1v) is 26.0. The third-order valence-electron chi connectivity index (χ3n) is 11.4. The lowest BCUT2D eigenvalue weighted by molar-refractivity contribution is -0.167. The number of esters is 3. The molecule has 0 N–H and O–H groups in total. The fourth-order valence-corrected chi connectivity index (χ4v) is 7.41. The Balaban J connectivity index is 4.34. The minimum Gasteiger partial charge on any atom is -0.462 e. The quantitative estimate of drug-likeness (QED) is 0.0263. The maximum Gasteiger partial charge on any atom is 0.306 e. The van der Waals surface area contributed by atoms with Gasteiger partial charge < -0.3 is 14.2 Å². The molecule has 0 heterocycles. The van der Waals surface area contributed by atoms with E-state index in [0.29, 0.717) is 19.3 Å². The molecule has 0 aliphatic heterocycles. The lowest BCUT2D eigenvalue weighted by atomic mass is 10.1. The van der Waals surface area contributed by atoms with Gasteiger partial charge in [0.15, 0.2) is 6.10 Å². The minimum atomic E-state index is -0.775. The average Bonchev–Trinajstić information content (AvgIpc) is 3.24. The Morgan fingerprint density at radius 3 is 0.950 bits per heavy atom. The Hall–Kier alpha value is -2.37. The van der Waals surface area contributed by atoms with E-state index < -0.39 is 6.10 Å². The molecule has 0 radical (unpaired) electrons. The molecule has 0 aromatic carbocycles. The summed E-state index contributed by atoms with van der Waals surface area (Å²) < 4.78 is 16.8. The fourth-order valence-electron chi connectivity index (χ4n) is 7.41. The van der Waals surface area contributed by atoms with Crippen LogP contribution in [-0.4, -0.2) is 37.2 Å². The molecule has 0 saturated heterocycles. The standard InChI is InChI=1S/C54H98O6/c1-4-7-10-13-16-19-22-24-25-26-27-28-30-32-35-38-41-44-47-53(56)59-50-51(49-58-52(55)46-43-40-37-34-31-21-18-15-12-9-6-3)60-54(57)48-45-42-39-36-33-29-23-20-17-14-11-8-5-2/h19-20,22-23,25-26,51H,4-18,21,24,27-50H2,1-3H3/b22-19-,23-20-,26-25-. The van der Waals surface area contributed by atoms with Gasteiger partial charge in [-0.3, -0.25) is 14.4 Å². The van der Waals surface area contributed by atoms with Crippen LogP contribution >= 0.6 is 0 Å². The van der Waals surface area contributed by atoms with Gasteiger partial charge in [0.2, 0.25) is 0 Å². The van der Waals surface area contributed by atoms with E-state index in [1.165, 1.54) is 154 Å². The highest BCUT2D eigenvalue weighted by molar-refractivity contribution is 5.71. The van der Waals surface area contributed by atoms with E-state index in [9.17, 15) is 14.4 Å². The maximum atomic E-state index is 12.8. The molecule has 1 atom stereocenters. The predicted octanol–water partition coefficient (Wildman–Crippen LogP) is 16.9. The molecule has 0 spiro atoms. The lowest BCUT2D eigenvalue weighted by Gasteiger charge is -2.18. The molecule has 0 aromatic heterocycles. The molecule has 0 saturated carbocycles. The summed E-state index contributed by atoms with van der Waals surface area (Å²) in [6.45, 7) is 6.60. The van der Waals surface area contributed by atoms with Gasteiger partial charge in [0.1, 0.15) is 13.2 Å². The molecule has 60 heavy (non-hydrogen) atoms. The molecule has 350 valence electrons. The normalized spacial score (nSPS) is 12.2. The first-order valence-electron chi connectivity index (χ1n) is 26.0. The van der Waals surface area contributed by atoms with E-state index in [-0.39, 0.29) is 31.1 Å². The fraction of sp³-hybridized carbons (Fsp3) is 0.833. The molecular weight excluding hydrogens is 745 g/mol.